The van der Waals surface area contributed by atoms with Crippen molar-refractivity contribution in [3.8, 4) is 0 Å². The zero-order chi connectivity index (χ0) is 15.0. The van der Waals surface area contributed by atoms with Crippen LogP contribution in [0.1, 0.15) is 25.1 Å². The monoisotopic (exact) mass is 305 g/mol. The summed E-state index contributed by atoms with van der Waals surface area (Å²) in [5.74, 6) is 1.39. The van der Waals surface area contributed by atoms with Crippen LogP contribution >= 0.6 is 11.3 Å². The number of nitrogens with zero attached hydrogens (tertiary/aromatic N) is 4. The second-order valence-electron chi connectivity index (χ2n) is 5.85. The van der Waals surface area contributed by atoms with E-state index in [2.05, 4.69) is 46.7 Å². The van der Waals surface area contributed by atoms with Gasteiger partial charge in [0.05, 0.1) is 5.39 Å². The lowest BCUT2D eigenvalue weighted by Crippen LogP contribution is -2.38. The summed E-state index contributed by atoms with van der Waals surface area (Å²) in [5, 5.41) is 1.16. The molecule has 3 rings (SSSR count). The van der Waals surface area contributed by atoms with Crippen LogP contribution in [0, 0.1) is 0 Å². The summed E-state index contributed by atoms with van der Waals surface area (Å²) in [6, 6.07) is 2.66. The highest BCUT2D eigenvalue weighted by Crippen LogP contribution is 2.33. The molecule has 0 amide bonds. The zero-order valence-electron chi connectivity index (χ0n) is 13.0. The third kappa shape index (κ3) is 2.82. The molecule has 1 aliphatic rings. The van der Waals surface area contributed by atoms with Gasteiger partial charge in [0.25, 0.3) is 0 Å². The molecule has 1 atom stereocenters. The first-order valence-corrected chi connectivity index (χ1v) is 8.41. The number of aromatic nitrogens is 2. The Morgan fingerprint density at radius 2 is 2.19 bits per heavy atom. The smallest absolute Gasteiger partial charge is 0.223 e. The van der Waals surface area contributed by atoms with Crippen molar-refractivity contribution in [1.82, 2.24) is 14.9 Å². The number of thiophene rings is 1. The van der Waals surface area contributed by atoms with Crippen molar-refractivity contribution in [1.29, 1.82) is 0 Å². The van der Waals surface area contributed by atoms with E-state index in [0.29, 0.717) is 12.0 Å². The van der Waals surface area contributed by atoms with Crippen molar-refractivity contribution in [3.63, 3.8) is 0 Å². The van der Waals surface area contributed by atoms with Gasteiger partial charge in [-0.15, -0.1) is 11.3 Å². The summed E-state index contributed by atoms with van der Waals surface area (Å²) >= 11 is 1.73. The van der Waals surface area contributed by atoms with Crippen molar-refractivity contribution in [2.24, 2.45) is 0 Å². The molecule has 21 heavy (non-hydrogen) atoms. The second kappa shape index (κ2) is 5.77. The molecule has 3 heterocycles. The summed E-state index contributed by atoms with van der Waals surface area (Å²) in [7, 11) is 2.18. The van der Waals surface area contributed by atoms with Gasteiger partial charge in [-0.3, -0.25) is 0 Å². The summed E-state index contributed by atoms with van der Waals surface area (Å²) < 4.78 is 0. The van der Waals surface area contributed by atoms with E-state index >= 15 is 0 Å². The van der Waals surface area contributed by atoms with Gasteiger partial charge >= 0.3 is 0 Å². The van der Waals surface area contributed by atoms with Crippen LogP contribution in [0.4, 0.5) is 11.8 Å². The van der Waals surface area contributed by atoms with Gasteiger partial charge in [-0.1, -0.05) is 6.92 Å². The number of nitrogen functional groups attached to an aromatic ring is 1. The minimum Gasteiger partial charge on any atom is -0.368 e. The van der Waals surface area contributed by atoms with Crippen molar-refractivity contribution >= 4 is 33.3 Å². The van der Waals surface area contributed by atoms with E-state index in [1.807, 2.05) is 0 Å². The van der Waals surface area contributed by atoms with Gasteiger partial charge in [-0.05, 0) is 39.4 Å². The summed E-state index contributed by atoms with van der Waals surface area (Å²) in [4.78, 5) is 16.1. The maximum Gasteiger partial charge on any atom is 0.223 e. The lowest BCUT2D eigenvalue weighted by molar-refractivity contribution is 0.337. The van der Waals surface area contributed by atoms with Crippen molar-refractivity contribution < 1.29 is 0 Å². The molecule has 5 nitrogen and oxygen atoms in total. The fourth-order valence-electron chi connectivity index (χ4n) is 3.05. The lowest BCUT2D eigenvalue weighted by Gasteiger charge is -2.29. The Morgan fingerprint density at radius 3 is 2.95 bits per heavy atom. The highest BCUT2D eigenvalue weighted by molar-refractivity contribution is 7.18. The van der Waals surface area contributed by atoms with Crippen LogP contribution in [0.5, 0.6) is 0 Å². The fourth-order valence-corrected chi connectivity index (χ4v) is 4.02. The van der Waals surface area contributed by atoms with Crippen LogP contribution in [0.3, 0.4) is 0 Å². The van der Waals surface area contributed by atoms with Gasteiger partial charge < -0.3 is 15.5 Å². The van der Waals surface area contributed by atoms with Gasteiger partial charge in [0.2, 0.25) is 5.95 Å². The molecule has 0 bridgehead atoms. The molecule has 1 aliphatic heterocycles. The number of hydrogen-bond acceptors (Lipinski definition) is 6. The molecule has 2 N–H and O–H groups in total. The summed E-state index contributed by atoms with van der Waals surface area (Å²) in [6.45, 7) is 7.64. The van der Waals surface area contributed by atoms with Crippen LogP contribution in [-0.4, -0.2) is 47.6 Å². The number of rotatable bonds is 2. The second-order valence-corrected chi connectivity index (χ2v) is 6.96. The van der Waals surface area contributed by atoms with Crippen LogP contribution in [0.15, 0.2) is 6.07 Å². The number of fused-ring (bicyclic) bond motifs is 1. The van der Waals surface area contributed by atoms with Crippen molar-refractivity contribution in [2.75, 3.05) is 37.3 Å². The summed E-state index contributed by atoms with van der Waals surface area (Å²) in [5.41, 5.74) is 5.94. The Morgan fingerprint density at radius 1 is 1.38 bits per heavy atom. The topological polar surface area (TPSA) is 58.3 Å². The highest BCUT2D eigenvalue weighted by atomic mass is 32.1. The van der Waals surface area contributed by atoms with Crippen molar-refractivity contribution in [3.05, 3.63) is 10.9 Å². The lowest BCUT2D eigenvalue weighted by atomic mass is 10.2. The van der Waals surface area contributed by atoms with E-state index in [1.165, 1.54) is 4.88 Å². The number of aryl methyl sites for hydroxylation is 1. The molecule has 2 aromatic heterocycles. The first kappa shape index (κ1) is 14.5. The summed E-state index contributed by atoms with van der Waals surface area (Å²) in [6.07, 6.45) is 2.18. The van der Waals surface area contributed by atoms with Gasteiger partial charge in [-0.2, -0.15) is 4.98 Å². The third-order valence-corrected chi connectivity index (χ3v) is 5.28. The predicted molar refractivity (Wildman–Crippen MR) is 90.1 cm³/mol. The molecule has 0 aliphatic carbocycles. The Hall–Kier alpha value is -1.40. The molecule has 0 saturated carbocycles. The molecular weight excluding hydrogens is 282 g/mol. The largest absolute Gasteiger partial charge is 0.368 e. The van der Waals surface area contributed by atoms with Crippen LogP contribution in [-0.2, 0) is 6.42 Å². The molecule has 114 valence electrons. The number of likely N-dealkylation sites (N-methyl/N-ethyl adjacent to an activating group) is 1. The van der Waals surface area contributed by atoms with Gasteiger partial charge in [-0.25, -0.2) is 4.98 Å². The quantitative estimate of drug-likeness (QED) is 0.923. The molecule has 0 radical (unpaired) electrons. The van der Waals surface area contributed by atoms with Crippen molar-refractivity contribution in [2.45, 2.75) is 32.7 Å². The first-order valence-electron chi connectivity index (χ1n) is 7.59. The fraction of sp³-hybridized carbons (Fsp3) is 0.600. The SMILES string of the molecule is CCc1cc2c(N3CCCN(C)CC3C)nc(N)nc2s1. The molecule has 1 unspecified atom stereocenters. The Kier molecular flexibility index (Phi) is 3.99. The van der Waals surface area contributed by atoms with E-state index in [9.17, 15) is 0 Å². The van der Waals surface area contributed by atoms with E-state index in [0.717, 1.165) is 48.5 Å². The van der Waals surface area contributed by atoms with E-state index in [4.69, 9.17) is 5.73 Å². The molecule has 0 spiro atoms. The molecule has 2 aromatic rings. The van der Waals surface area contributed by atoms with E-state index in [-0.39, 0.29) is 0 Å². The Balaban J connectivity index is 2.07. The molecule has 1 fully saturated rings. The van der Waals surface area contributed by atoms with Gasteiger partial charge in [0.1, 0.15) is 10.6 Å². The van der Waals surface area contributed by atoms with E-state index < -0.39 is 0 Å². The maximum absolute atomic E-state index is 5.94. The Bertz CT molecular complexity index is 638. The standard InChI is InChI=1S/C15H23N5S/c1-4-11-8-12-13(17-15(16)18-14(12)21-11)20-7-5-6-19(3)9-10(20)2/h8,10H,4-7,9H2,1-3H3,(H2,16,17,18). The normalized spacial score (nSPS) is 20.9. The van der Waals surface area contributed by atoms with Gasteiger partial charge in [0, 0.05) is 24.0 Å². The van der Waals surface area contributed by atoms with Gasteiger partial charge in [0.15, 0.2) is 0 Å². The first-order chi connectivity index (χ1) is 10.1. The van der Waals surface area contributed by atoms with E-state index in [1.54, 1.807) is 11.3 Å². The molecule has 1 saturated heterocycles. The molecule has 0 aromatic carbocycles. The Labute approximate surface area is 129 Å². The van der Waals surface area contributed by atoms with Crippen LogP contribution in [0.2, 0.25) is 0 Å². The predicted octanol–water partition coefficient (Wildman–Crippen LogP) is 2.37. The third-order valence-electron chi connectivity index (χ3n) is 4.11. The minimum absolute atomic E-state index is 0.381. The number of hydrogen-bond donors (Lipinski definition) is 1. The molecular formula is C15H23N5S. The molecule has 6 heteroatoms. The zero-order valence-corrected chi connectivity index (χ0v) is 13.8. The van der Waals surface area contributed by atoms with Crippen LogP contribution < -0.4 is 10.6 Å². The number of anilines is 2. The minimum atomic E-state index is 0.381. The number of nitrogens with two attached hydrogens (primary N) is 1. The average molecular weight is 305 g/mol. The van der Waals surface area contributed by atoms with Crippen LogP contribution in [0.25, 0.3) is 10.2 Å². The highest BCUT2D eigenvalue weighted by Gasteiger charge is 2.24. The average Bonchev–Trinajstić information content (AvgIpc) is 2.77. The maximum atomic E-state index is 5.94.